The van der Waals surface area contributed by atoms with Crippen molar-refractivity contribution >= 4 is 16.6 Å². The number of hydrogen-bond donors (Lipinski definition) is 2. The van der Waals surface area contributed by atoms with E-state index in [4.69, 9.17) is 4.74 Å². The summed E-state index contributed by atoms with van der Waals surface area (Å²) in [5.74, 6) is 0.439. The van der Waals surface area contributed by atoms with E-state index >= 15 is 0 Å². The summed E-state index contributed by atoms with van der Waals surface area (Å²) in [6.07, 6.45) is 1.37. The topological polar surface area (TPSA) is 76.1 Å². The number of nitrogens with zero attached hydrogens (tertiary/aromatic N) is 1. The molecule has 4 rings (SSSR count). The molecule has 3 aromatic rings. The highest BCUT2D eigenvalue weighted by molar-refractivity contribution is 5.83. The van der Waals surface area contributed by atoms with Gasteiger partial charge in [-0.2, -0.15) is 0 Å². The quantitative estimate of drug-likeness (QED) is 0.744. The Labute approximate surface area is 156 Å². The molecule has 6 nitrogen and oxygen atoms in total. The van der Waals surface area contributed by atoms with Crippen LogP contribution in [0.3, 0.4) is 0 Å². The highest BCUT2D eigenvalue weighted by atomic mass is 16.5. The molecule has 0 saturated carbocycles. The number of benzene rings is 2. The lowest BCUT2D eigenvalue weighted by Gasteiger charge is -2.23. The minimum Gasteiger partial charge on any atom is -0.381 e. The standard InChI is InChI=1S/C21H23N3O3/c1-14(16-7-6-15-4-2-3-5-17(15)12-16)22-19-13-20(25)24(21(26)23-19)18-8-10-27-11-9-18/h2-7,12-14,18,22H,8-11H2,1H3,(H,23,26)/t14-/m0/s1. The molecule has 0 radical (unpaired) electrons. The lowest BCUT2D eigenvalue weighted by Crippen LogP contribution is -2.40. The van der Waals surface area contributed by atoms with Crippen molar-refractivity contribution < 1.29 is 4.74 Å². The van der Waals surface area contributed by atoms with E-state index in [2.05, 4.69) is 40.6 Å². The van der Waals surface area contributed by atoms with Crippen LogP contribution in [0.15, 0.2) is 58.1 Å². The smallest absolute Gasteiger partial charge is 0.330 e. The zero-order valence-corrected chi connectivity index (χ0v) is 15.3. The van der Waals surface area contributed by atoms with Gasteiger partial charge in [-0.3, -0.25) is 14.3 Å². The summed E-state index contributed by atoms with van der Waals surface area (Å²) < 4.78 is 6.63. The zero-order chi connectivity index (χ0) is 18.8. The first-order valence-electron chi connectivity index (χ1n) is 9.30. The predicted molar refractivity (Wildman–Crippen MR) is 106 cm³/mol. The Hall–Kier alpha value is -2.86. The maximum atomic E-state index is 12.5. The van der Waals surface area contributed by atoms with Gasteiger partial charge in [0.15, 0.2) is 0 Å². The van der Waals surface area contributed by atoms with Gasteiger partial charge in [0.1, 0.15) is 5.82 Å². The van der Waals surface area contributed by atoms with Gasteiger partial charge >= 0.3 is 5.69 Å². The number of anilines is 1. The third-order valence-corrected chi connectivity index (χ3v) is 5.17. The first-order chi connectivity index (χ1) is 13.1. The van der Waals surface area contributed by atoms with Gasteiger partial charge in [0, 0.05) is 31.4 Å². The van der Waals surface area contributed by atoms with E-state index in [0.717, 1.165) is 10.9 Å². The second-order valence-electron chi connectivity index (χ2n) is 7.01. The van der Waals surface area contributed by atoms with E-state index in [0.29, 0.717) is 31.9 Å². The van der Waals surface area contributed by atoms with Crippen molar-refractivity contribution in [2.45, 2.75) is 31.8 Å². The van der Waals surface area contributed by atoms with Crippen LogP contribution < -0.4 is 16.6 Å². The normalized spacial score (nSPS) is 16.3. The van der Waals surface area contributed by atoms with Crippen molar-refractivity contribution in [3.05, 3.63) is 74.9 Å². The minimum atomic E-state index is -0.373. The Morgan fingerprint density at radius 2 is 1.81 bits per heavy atom. The first-order valence-corrected chi connectivity index (χ1v) is 9.30. The molecule has 0 spiro atoms. The van der Waals surface area contributed by atoms with Crippen molar-refractivity contribution in [1.82, 2.24) is 9.55 Å². The van der Waals surface area contributed by atoms with E-state index in [1.54, 1.807) is 0 Å². The van der Waals surface area contributed by atoms with Gasteiger partial charge in [0.05, 0.1) is 0 Å². The minimum absolute atomic E-state index is 0.0522. The fourth-order valence-corrected chi connectivity index (χ4v) is 3.67. The summed E-state index contributed by atoms with van der Waals surface area (Å²) in [6.45, 7) is 3.16. The van der Waals surface area contributed by atoms with Gasteiger partial charge in [-0.1, -0.05) is 36.4 Å². The number of ether oxygens (including phenoxy) is 1. The largest absolute Gasteiger partial charge is 0.381 e. The van der Waals surface area contributed by atoms with Crippen LogP contribution >= 0.6 is 0 Å². The Bertz CT molecular complexity index is 1030. The highest BCUT2D eigenvalue weighted by Gasteiger charge is 2.19. The number of rotatable bonds is 4. The number of aromatic amines is 1. The van der Waals surface area contributed by atoms with Crippen LogP contribution in [0, 0.1) is 0 Å². The zero-order valence-electron chi connectivity index (χ0n) is 15.3. The van der Waals surface area contributed by atoms with Gasteiger partial charge < -0.3 is 10.1 Å². The monoisotopic (exact) mass is 365 g/mol. The maximum absolute atomic E-state index is 12.5. The van der Waals surface area contributed by atoms with Crippen LogP contribution in [0.2, 0.25) is 0 Å². The number of H-pyrrole nitrogens is 1. The van der Waals surface area contributed by atoms with Crippen LogP contribution in [0.1, 0.15) is 37.4 Å². The van der Waals surface area contributed by atoms with E-state index < -0.39 is 0 Å². The van der Waals surface area contributed by atoms with Crippen LogP contribution in [0.5, 0.6) is 0 Å². The predicted octanol–water partition coefficient (Wildman–Crippen LogP) is 3.21. The molecule has 2 heterocycles. The van der Waals surface area contributed by atoms with Crippen molar-refractivity contribution in [2.75, 3.05) is 18.5 Å². The van der Waals surface area contributed by atoms with E-state index in [-0.39, 0.29) is 23.3 Å². The van der Waals surface area contributed by atoms with Crippen LogP contribution in [0.4, 0.5) is 5.82 Å². The summed E-state index contributed by atoms with van der Waals surface area (Å²) in [5.41, 5.74) is 0.435. The first kappa shape index (κ1) is 17.5. The third-order valence-electron chi connectivity index (χ3n) is 5.17. The van der Waals surface area contributed by atoms with Gasteiger partial charge in [0.25, 0.3) is 5.56 Å². The molecule has 6 heteroatoms. The van der Waals surface area contributed by atoms with Crippen LogP contribution in [0.25, 0.3) is 10.8 Å². The molecular formula is C21H23N3O3. The van der Waals surface area contributed by atoms with Crippen molar-refractivity contribution in [3.8, 4) is 0 Å². The lowest BCUT2D eigenvalue weighted by molar-refractivity contribution is 0.0674. The van der Waals surface area contributed by atoms with Crippen LogP contribution in [-0.2, 0) is 4.74 Å². The number of fused-ring (bicyclic) bond motifs is 1. The molecule has 0 amide bonds. The van der Waals surface area contributed by atoms with Crippen molar-refractivity contribution in [2.24, 2.45) is 0 Å². The van der Waals surface area contributed by atoms with Crippen LogP contribution in [-0.4, -0.2) is 22.8 Å². The molecule has 1 aromatic heterocycles. The number of nitrogens with one attached hydrogen (secondary N) is 2. The average Bonchev–Trinajstić information content (AvgIpc) is 2.68. The van der Waals surface area contributed by atoms with Gasteiger partial charge in [-0.15, -0.1) is 0 Å². The fourth-order valence-electron chi connectivity index (χ4n) is 3.67. The average molecular weight is 365 g/mol. The molecule has 27 heavy (non-hydrogen) atoms. The Balaban J connectivity index is 1.58. The molecule has 0 aliphatic carbocycles. The third kappa shape index (κ3) is 3.66. The molecule has 1 aliphatic heterocycles. The second kappa shape index (κ2) is 7.40. The van der Waals surface area contributed by atoms with Gasteiger partial charge in [-0.05, 0) is 42.2 Å². The number of hydrogen-bond acceptors (Lipinski definition) is 4. The van der Waals surface area contributed by atoms with E-state index in [1.165, 1.54) is 16.0 Å². The van der Waals surface area contributed by atoms with Gasteiger partial charge in [-0.25, -0.2) is 4.79 Å². The summed E-state index contributed by atoms with van der Waals surface area (Å²) in [4.78, 5) is 27.8. The highest BCUT2D eigenvalue weighted by Crippen LogP contribution is 2.22. The molecule has 2 aromatic carbocycles. The summed E-state index contributed by atoms with van der Waals surface area (Å²) >= 11 is 0. The van der Waals surface area contributed by atoms with E-state index in [1.807, 2.05) is 19.1 Å². The Kier molecular flexibility index (Phi) is 4.81. The fraction of sp³-hybridized carbons (Fsp3) is 0.333. The Morgan fingerprint density at radius 1 is 1.07 bits per heavy atom. The molecule has 0 unspecified atom stereocenters. The summed E-state index contributed by atoms with van der Waals surface area (Å²) in [6, 6.07) is 15.7. The molecule has 1 atom stereocenters. The molecular weight excluding hydrogens is 342 g/mol. The van der Waals surface area contributed by atoms with Crippen molar-refractivity contribution in [1.29, 1.82) is 0 Å². The summed E-state index contributed by atoms with van der Waals surface area (Å²) in [7, 11) is 0. The molecule has 1 fully saturated rings. The lowest BCUT2D eigenvalue weighted by atomic mass is 10.0. The molecule has 1 saturated heterocycles. The maximum Gasteiger partial charge on any atom is 0.330 e. The number of aromatic nitrogens is 2. The SMILES string of the molecule is C[C@H](Nc1cc(=O)n(C2CCOCC2)c(=O)[nH]1)c1ccc2ccccc2c1. The Morgan fingerprint density at radius 3 is 2.56 bits per heavy atom. The second-order valence-corrected chi connectivity index (χ2v) is 7.01. The van der Waals surface area contributed by atoms with E-state index in [9.17, 15) is 9.59 Å². The molecule has 0 bridgehead atoms. The van der Waals surface area contributed by atoms with Crippen molar-refractivity contribution in [3.63, 3.8) is 0 Å². The molecule has 140 valence electrons. The van der Waals surface area contributed by atoms with Gasteiger partial charge in [0.2, 0.25) is 0 Å². The molecule has 2 N–H and O–H groups in total. The summed E-state index contributed by atoms with van der Waals surface area (Å²) in [5, 5.41) is 5.58. The molecule has 1 aliphatic rings.